The summed E-state index contributed by atoms with van der Waals surface area (Å²) in [5.41, 5.74) is 4.48. The summed E-state index contributed by atoms with van der Waals surface area (Å²) < 4.78 is 6.71. The fourth-order valence-electron chi connectivity index (χ4n) is 4.03. The summed E-state index contributed by atoms with van der Waals surface area (Å²) in [6.45, 7) is 0.131. The number of rotatable bonds is 7. The third-order valence-corrected chi connectivity index (χ3v) is 5.61. The number of ether oxygens (including phenoxy) is 1. The number of aryl methyl sites for hydroxylation is 1. The van der Waals surface area contributed by atoms with Gasteiger partial charge in [0.05, 0.1) is 0 Å². The molecule has 3 N–H and O–H groups in total. The van der Waals surface area contributed by atoms with E-state index in [0.29, 0.717) is 0 Å². The number of aromatic nitrogens is 2. The molecule has 0 fully saturated rings. The second kappa shape index (κ2) is 9.50. The Balaban J connectivity index is 1.41. The van der Waals surface area contributed by atoms with E-state index in [0.717, 1.165) is 22.3 Å². The first-order valence-electron chi connectivity index (χ1n) is 10.5. The van der Waals surface area contributed by atoms with Crippen LogP contribution in [0.25, 0.3) is 11.1 Å². The van der Waals surface area contributed by atoms with Crippen LogP contribution in [-0.2, 0) is 16.6 Å². The van der Waals surface area contributed by atoms with E-state index in [1.165, 1.54) is 17.8 Å². The summed E-state index contributed by atoms with van der Waals surface area (Å²) in [6, 6.07) is 16.1. The summed E-state index contributed by atoms with van der Waals surface area (Å²) >= 11 is 0. The maximum absolute atomic E-state index is 12.5. The quantitative estimate of drug-likeness (QED) is 0.468. The predicted molar refractivity (Wildman–Crippen MR) is 124 cm³/mol. The number of amides is 2. The molecule has 9 nitrogen and oxygen atoms in total. The highest BCUT2D eigenvalue weighted by atomic mass is 16.5. The van der Waals surface area contributed by atoms with Crippen molar-refractivity contribution in [2.24, 2.45) is 7.05 Å². The second-order valence-electron chi connectivity index (χ2n) is 7.76. The smallest absolute Gasteiger partial charge is 0.412 e. The van der Waals surface area contributed by atoms with Gasteiger partial charge in [0.1, 0.15) is 18.3 Å². The molecule has 2 amide bonds. The van der Waals surface area contributed by atoms with Crippen molar-refractivity contribution < 1.29 is 24.2 Å². The van der Waals surface area contributed by atoms with Crippen LogP contribution in [0.5, 0.6) is 0 Å². The van der Waals surface area contributed by atoms with Crippen LogP contribution in [-0.4, -0.2) is 45.5 Å². The monoisotopic (exact) mass is 458 g/mol. The number of hydrogen-bond acceptors (Lipinski definition) is 5. The van der Waals surface area contributed by atoms with Crippen LogP contribution < -0.4 is 10.6 Å². The Morgan fingerprint density at radius 1 is 1.15 bits per heavy atom. The molecule has 0 spiro atoms. The number of fused-ring (bicyclic) bond motifs is 3. The number of aliphatic carboxylic acids is 1. The van der Waals surface area contributed by atoms with Gasteiger partial charge in [-0.1, -0.05) is 48.5 Å². The van der Waals surface area contributed by atoms with Gasteiger partial charge in [0.25, 0.3) is 5.91 Å². The number of carbonyl (C=O) groups is 3. The summed E-state index contributed by atoms with van der Waals surface area (Å²) in [6.07, 6.45) is 4.27. The van der Waals surface area contributed by atoms with E-state index < -0.39 is 24.0 Å². The highest BCUT2D eigenvalue weighted by Gasteiger charge is 2.29. The zero-order valence-electron chi connectivity index (χ0n) is 18.3. The van der Waals surface area contributed by atoms with E-state index >= 15 is 0 Å². The minimum atomic E-state index is -1.24. The number of carboxylic acid groups (broad SMARTS) is 1. The van der Waals surface area contributed by atoms with Crippen molar-refractivity contribution in [3.8, 4) is 23.5 Å². The van der Waals surface area contributed by atoms with Gasteiger partial charge in [0, 0.05) is 25.5 Å². The summed E-state index contributed by atoms with van der Waals surface area (Å²) in [4.78, 5) is 36.1. The van der Waals surface area contributed by atoms with Gasteiger partial charge in [-0.05, 0) is 22.3 Å². The van der Waals surface area contributed by atoms with Crippen LogP contribution in [0, 0.1) is 12.3 Å². The van der Waals surface area contributed by atoms with Crippen molar-refractivity contribution in [2.75, 3.05) is 11.9 Å². The van der Waals surface area contributed by atoms with Crippen molar-refractivity contribution in [2.45, 2.75) is 18.4 Å². The van der Waals surface area contributed by atoms with Crippen molar-refractivity contribution in [3.63, 3.8) is 0 Å². The first-order valence-corrected chi connectivity index (χ1v) is 10.5. The molecular weight excluding hydrogens is 436 g/mol. The molecule has 9 heteroatoms. The van der Waals surface area contributed by atoms with Crippen LogP contribution in [0.2, 0.25) is 0 Å². The minimum absolute atomic E-state index is 0.0530. The average Bonchev–Trinajstić information content (AvgIpc) is 3.34. The van der Waals surface area contributed by atoms with E-state index in [-0.39, 0.29) is 30.5 Å². The van der Waals surface area contributed by atoms with Crippen LogP contribution in [0.3, 0.4) is 0 Å². The number of terminal acetylenes is 1. The number of carbonyl (C=O) groups excluding carboxylic acids is 2. The van der Waals surface area contributed by atoms with E-state index in [1.807, 2.05) is 48.5 Å². The lowest BCUT2D eigenvalue weighted by molar-refractivity contribution is -0.139. The fraction of sp³-hybridized carbons (Fsp3) is 0.200. The van der Waals surface area contributed by atoms with Crippen LogP contribution in [0.1, 0.15) is 34.0 Å². The van der Waals surface area contributed by atoms with Crippen molar-refractivity contribution in [1.82, 2.24) is 15.1 Å². The molecule has 0 aliphatic heterocycles. The molecule has 34 heavy (non-hydrogen) atoms. The fourth-order valence-corrected chi connectivity index (χ4v) is 4.03. The molecule has 172 valence electrons. The third-order valence-electron chi connectivity index (χ3n) is 5.61. The number of nitrogens with one attached hydrogen (secondary N) is 2. The van der Waals surface area contributed by atoms with Crippen LogP contribution >= 0.6 is 0 Å². The van der Waals surface area contributed by atoms with Crippen molar-refractivity contribution in [1.29, 1.82) is 0 Å². The van der Waals surface area contributed by atoms with Gasteiger partial charge in [-0.2, -0.15) is 5.10 Å². The van der Waals surface area contributed by atoms with Gasteiger partial charge in [-0.15, -0.1) is 12.3 Å². The lowest BCUT2D eigenvalue weighted by atomic mass is 9.98. The number of anilines is 1. The van der Waals surface area contributed by atoms with Gasteiger partial charge in [-0.3, -0.25) is 14.8 Å². The second-order valence-corrected chi connectivity index (χ2v) is 7.76. The molecule has 3 aromatic rings. The van der Waals surface area contributed by atoms with Crippen molar-refractivity contribution >= 4 is 23.8 Å². The highest BCUT2D eigenvalue weighted by Crippen LogP contribution is 2.44. The normalized spacial score (nSPS) is 12.7. The largest absolute Gasteiger partial charge is 0.480 e. The molecular formula is C25H22N4O5. The molecule has 0 bridgehead atoms. The molecule has 1 aliphatic rings. The number of nitrogens with zero attached hydrogens (tertiary/aromatic N) is 2. The molecule has 4 rings (SSSR count). The third kappa shape index (κ3) is 4.47. The summed E-state index contributed by atoms with van der Waals surface area (Å²) in [5.74, 6) is 0.284. The van der Waals surface area contributed by atoms with Gasteiger partial charge in [0.2, 0.25) is 0 Å². The molecule has 2 aromatic carbocycles. The van der Waals surface area contributed by atoms with Crippen LogP contribution in [0.4, 0.5) is 10.6 Å². The molecule has 1 aromatic heterocycles. The zero-order valence-corrected chi connectivity index (χ0v) is 18.3. The molecule has 1 unspecified atom stereocenters. The Morgan fingerprint density at radius 3 is 2.35 bits per heavy atom. The number of hydrogen-bond donors (Lipinski definition) is 3. The first-order chi connectivity index (χ1) is 16.4. The average molecular weight is 458 g/mol. The lowest BCUT2D eigenvalue weighted by Crippen LogP contribution is -2.41. The van der Waals surface area contributed by atoms with Crippen LogP contribution in [0.15, 0.2) is 54.6 Å². The van der Waals surface area contributed by atoms with Crippen molar-refractivity contribution in [3.05, 3.63) is 71.4 Å². The van der Waals surface area contributed by atoms with Gasteiger partial charge >= 0.3 is 12.1 Å². The lowest BCUT2D eigenvalue weighted by Gasteiger charge is -2.14. The Labute approximate surface area is 195 Å². The van der Waals surface area contributed by atoms with Gasteiger partial charge < -0.3 is 15.2 Å². The van der Waals surface area contributed by atoms with E-state index in [1.54, 1.807) is 0 Å². The predicted octanol–water partition coefficient (Wildman–Crippen LogP) is 2.99. The van der Waals surface area contributed by atoms with E-state index in [2.05, 4.69) is 21.7 Å². The topological polar surface area (TPSA) is 123 Å². The summed E-state index contributed by atoms with van der Waals surface area (Å²) in [5, 5.41) is 18.1. The minimum Gasteiger partial charge on any atom is -0.480 e. The Kier molecular flexibility index (Phi) is 6.32. The number of benzene rings is 2. The van der Waals surface area contributed by atoms with Gasteiger partial charge in [-0.25, -0.2) is 9.59 Å². The molecule has 0 radical (unpaired) electrons. The standard InChI is InChI=1S/C25H22N4O5/c1-3-8-20(24(31)32)26-23(30)21-13-22(28-29(21)2)27-25(33)34-14-19-17-11-6-4-9-15(17)16-10-5-7-12-18(16)19/h1,4-7,9-13,19-20H,8,14H2,2H3,(H,26,30)(H,31,32)(H,27,28,33). The van der Waals surface area contributed by atoms with E-state index in [4.69, 9.17) is 16.3 Å². The Bertz CT molecular complexity index is 1260. The highest BCUT2D eigenvalue weighted by molar-refractivity contribution is 5.96. The first kappa shape index (κ1) is 22.6. The summed E-state index contributed by atoms with van der Waals surface area (Å²) in [7, 11) is 1.49. The Morgan fingerprint density at radius 2 is 1.76 bits per heavy atom. The molecule has 1 aliphatic carbocycles. The molecule has 0 saturated heterocycles. The molecule has 0 saturated carbocycles. The molecule has 1 atom stereocenters. The SMILES string of the molecule is C#CCC(NC(=O)c1cc(NC(=O)OCC2c3ccccc3-c3ccccc32)nn1C)C(=O)O. The zero-order chi connectivity index (χ0) is 24.2. The molecule has 1 heterocycles. The maximum Gasteiger partial charge on any atom is 0.412 e. The number of carboxylic acids is 1. The maximum atomic E-state index is 12.5. The Hall–Kier alpha value is -4.58. The van der Waals surface area contributed by atoms with E-state index in [9.17, 15) is 14.4 Å². The van der Waals surface area contributed by atoms with Gasteiger partial charge in [0.15, 0.2) is 5.82 Å².